The number of hydrogen-bond donors (Lipinski definition) is 1. The lowest BCUT2D eigenvalue weighted by Crippen LogP contribution is -2.68. The second kappa shape index (κ2) is 6.20. The number of fused-ring (bicyclic) bond motifs is 3. The van der Waals surface area contributed by atoms with Crippen LogP contribution in [0.1, 0.15) is 28.8 Å². The van der Waals surface area contributed by atoms with E-state index in [9.17, 15) is 14.4 Å². The maximum Gasteiger partial charge on any atom is 0.271 e. The fourth-order valence-electron chi connectivity index (χ4n) is 3.88. The first kappa shape index (κ1) is 17.7. The molecule has 6 nitrogen and oxygen atoms in total. The topological polar surface area (TPSA) is 69.7 Å². The van der Waals surface area contributed by atoms with Crippen LogP contribution in [0.25, 0.3) is 0 Å². The van der Waals surface area contributed by atoms with Gasteiger partial charge in [-0.15, -0.1) is 0 Å². The van der Waals surface area contributed by atoms with E-state index in [0.29, 0.717) is 16.9 Å². The number of carbonyl (C=O) groups is 3. The molecule has 2 aliphatic heterocycles. The molecule has 138 valence electrons. The Bertz CT molecular complexity index is 990. The Morgan fingerprint density at radius 3 is 2.67 bits per heavy atom. The van der Waals surface area contributed by atoms with Crippen molar-refractivity contribution >= 4 is 45.0 Å². The Morgan fingerprint density at radius 1 is 1.19 bits per heavy atom. The van der Waals surface area contributed by atoms with Gasteiger partial charge in [-0.1, -0.05) is 28.1 Å². The van der Waals surface area contributed by atoms with Crippen molar-refractivity contribution in [1.29, 1.82) is 0 Å². The lowest BCUT2D eigenvalue weighted by molar-refractivity contribution is -0.128. The third-order valence-corrected chi connectivity index (χ3v) is 6.21. The van der Waals surface area contributed by atoms with Gasteiger partial charge >= 0.3 is 0 Å². The van der Waals surface area contributed by atoms with Crippen LogP contribution in [0.3, 0.4) is 0 Å². The summed E-state index contributed by atoms with van der Waals surface area (Å²) in [6, 6.07) is 12.4. The summed E-state index contributed by atoms with van der Waals surface area (Å²) in [7, 11) is 1.58. The molecule has 2 aliphatic rings. The number of para-hydroxylation sites is 1. The van der Waals surface area contributed by atoms with Gasteiger partial charge in [-0.2, -0.15) is 0 Å². The zero-order valence-electron chi connectivity index (χ0n) is 15.0. The van der Waals surface area contributed by atoms with Gasteiger partial charge in [-0.3, -0.25) is 19.3 Å². The molecule has 1 saturated heterocycles. The molecule has 1 atom stereocenters. The molecular weight excluding hydrogens is 410 g/mol. The highest BCUT2D eigenvalue weighted by molar-refractivity contribution is 9.10. The summed E-state index contributed by atoms with van der Waals surface area (Å²) in [6.07, 6.45) is 0.461. The molecule has 2 aromatic carbocycles. The highest BCUT2D eigenvalue weighted by atomic mass is 79.9. The average molecular weight is 428 g/mol. The van der Waals surface area contributed by atoms with E-state index < -0.39 is 5.66 Å². The Balaban J connectivity index is 1.79. The van der Waals surface area contributed by atoms with E-state index in [1.165, 1.54) is 9.80 Å². The molecule has 4 rings (SSSR count). The smallest absolute Gasteiger partial charge is 0.271 e. The van der Waals surface area contributed by atoms with Gasteiger partial charge in [0.05, 0.1) is 11.3 Å². The first-order chi connectivity index (χ1) is 12.9. The number of likely N-dealkylation sites (N-methyl/N-ethyl adjacent to an activating group) is 1. The van der Waals surface area contributed by atoms with Gasteiger partial charge in [0.15, 0.2) is 0 Å². The van der Waals surface area contributed by atoms with Crippen molar-refractivity contribution in [2.75, 3.05) is 17.3 Å². The molecular formula is C20H18BrN3O3. The molecule has 27 heavy (non-hydrogen) atoms. The second-order valence-corrected chi connectivity index (χ2v) is 7.70. The molecule has 0 aliphatic carbocycles. The van der Waals surface area contributed by atoms with Crippen molar-refractivity contribution in [3.8, 4) is 0 Å². The molecule has 1 fully saturated rings. The minimum atomic E-state index is -1.36. The van der Waals surface area contributed by atoms with Crippen molar-refractivity contribution in [2.45, 2.75) is 25.4 Å². The molecule has 0 unspecified atom stereocenters. The van der Waals surface area contributed by atoms with Crippen LogP contribution in [0.2, 0.25) is 0 Å². The van der Waals surface area contributed by atoms with Crippen LogP contribution in [0.15, 0.2) is 46.9 Å². The zero-order chi connectivity index (χ0) is 19.3. The van der Waals surface area contributed by atoms with Gasteiger partial charge in [-0.05, 0) is 42.8 Å². The number of rotatable bonds is 2. The van der Waals surface area contributed by atoms with Crippen LogP contribution < -0.4 is 10.2 Å². The van der Waals surface area contributed by atoms with Crippen LogP contribution in [-0.4, -0.2) is 35.3 Å². The fourth-order valence-corrected chi connectivity index (χ4v) is 4.13. The molecule has 1 N–H and O–H groups in total. The molecule has 0 radical (unpaired) electrons. The standard InChI is InChI=1S/C20H18BrN3O3/c1-12-11-13(7-8-15(12)21)22-19(27)20-10-9-17(25)24(20)16-6-4-3-5-14(16)18(26)23(20)2/h3-8,11H,9-10H2,1-2H3,(H,22,27)/t20-/m0/s1. The summed E-state index contributed by atoms with van der Waals surface area (Å²) >= 11 is 3.44. The summed E-state index contributed by atoms with van der Waals surface area (Å²) in [6.45, 7) is 1.93. The summed E-state index contributed by atoms with van der Waals surface area (Å²) < 4.78 is 0.940. The Labute approximate surface area is 165 Å². The molecule has 0 spiro atoms. The van der Waals surface area contributed by atoms with Gasteiger partial charge in [0, 0.05) is 30.0 Å². The van der Waals surface area contributed by atoms with Crippen LogP contribution >= 0.6 is 15.9 Å². The summed E-state index contributed by atoms with van der Waals surface area (Å²) in [5.41, 5.74) is 1.16. The zero-order valence-corrected chi connectivity index (χ0v) is 16.5. The molecule has 2 aromatic rings. The van der Waals surface area contributed by atoms with Crippen molar-refractivity contribution in [1.82, 2.24) is 4.90 Å². The summed E-state index contributed by atoms with van der Waals surface area (Å²) in [5.74, 6) is -0.817. The number of nitrogens with one attached hydrogen (secondary N) is 1. The van der Waals surface area contributed by atoms with Crippen LogP contribution in [0.4, 0.5) is 11.4 Å². The Kier molecular flexibility index (Phi) is 4.07. The Hall–Kier alpha value is -2.67. The van der Waals surface area contributed by atoms with E-state index in [0.717, 1.165) is 10.0 Å². The summed E-state index contributed by atoms with van der Waals surface area (Å²) in [5, 5.41) is 2.90. The lowest BCUT2D eigenvalue weighted by atomic mass is 9.96. The van der Waals surface area contributed by atoms with Gasteiger partial charge in [0.1, 0.15) is 0 Å². The van der Waals surface area contributed by atoms with Crippen molar-refractivity contribution in [3.05, 3.63) is 58.1 Å². The SMILES string of the molecule is Cc1cc(NC(=O)[C@]23CCC(=O)N2c2ccccc2C(=O)N3C)ccc1Br. The molecule has 2 heterocycles. The molecule has 0 bridgehead atoms. The highest BCUT2D eigenvalue weighted by Crippen LogP contribution is 2.44. The third-order valence-electron chi connectivity index (χ3n) is 5.32. The number of aryl methyl sites for hydroxylation is 1. The first-order valence-electron chi connectivity index (χ1n) is 8.64. The number of benzene rings is 2. The van der Waals surface area contributed by atoms with Crippen molar-refractivity contribution in [2.24, 2.45) is 0 Å². The van der Waals surface area contributed by atoms with E-state index in [1.54, 1.807) is 37.4 Å². The molecule has 7 heteroatoms. The van der Waals surface area contributed by atoms with Crippen molar-refractivity contribution in [3.63, 3.8) is 0 Å². The minimum Gasteiger partial charge on any atom is -0.322 e. The Morgan fingerprint density at radius 2 is 1.93 bits per heavy atom. The van der Waals surface area contributed by atoms with E-state index in [-0.39, 0.29) is 30.6 Å². The number of halogens is 1. The maximum atomic E-state index is 13.4. The number of carbonyl (C=O) groups excluding carboxylic acids is 3. The molecule has 0 saturated carbocycles. The van der Waals surface area contributed by atoms with Crippen molar-refractivity contribution < 1.29 is 14.4 Å². The monoisotopic (exact) mass is 427 g/mol. The van der Waals surface area contributed by atoms with E-state index >= 15 is 0 Å². The normalized spacial score (nSPS) is 21.1. The van der Waals surface area contributed by atoms with Gasteiger partial charge < -0.3 is 10.2 Å². The van der Waals surface area contributed by atoms with E-state index in [4.69, 9.17) is 0 Å². The maximum absolute atomic E-state index is 13.4. The largest absolute Gasteiger partial charge is 0.322 e. The van der Waals surface area contributed by atoms with E-state index in [2.05, 4.69) is 21.2 Å². The van der Waals surface area contributed by atoms with Gasteiger partial charge in [-0.25, -0.2) is 0 Å². The van der Waals surface area contributed by atoms with Crippen LogP contribution in [0.5, 0.6) is 0 Å². The first-order valence-corrected chi connectivity index (χ1v) is 9.43. The third kappa shape index (κ3) is 2.49. The van der Waals surface area contributed by atoms with Crippen LogP contribution in [-0.2, 0) is 9.59 Å². The van der Waals surface area contributed by atoms with Gasteiger partial charge in [0.25, 0.3) is 11.8 Å². The minimum absolute atomic E-state index is 0.163. The predicted molar refractivity (Wildman–Crippen MR) is 105 cm³/mol. The fraction of sp³-hybridized carbons (Fsp3) is 0.250. The molecule has 3 amide bonds. The van der Waals surface area contributed by atoms with Gasteiger partial charge in [0.2, 0.25) is 11.6 Å². The average Bonchev–Trinajstić information content (AvgIpc) is 3.01. The number of anilines is 2. The quantitative estimate of drug-likeness (QED) is 0.798. The molecule has 0 aromatic heterocycles. The second-order valence-electron chi connectivity index (χ2n) is 6.85. The van der Waals surface area contributed by atoms with Crippen LogP contribution in [0, 0.1) is 6.92 Å². The summed E-state index contributed by atoms with van der Waals surface area (Å²) in [4.78, 5) is 41.8. The lowest BCUT2D eigenvalue weighted by Gasteiger charge is -2.47. The predicted octanol–water partition coefficient (Wildman–Crippen LogP) is 3.30. The number of nitrogens with zero attached hydrogens (tertiary/aromatic N) is 2. The highest BCUT2D eigenvalue weighted by Gasteiger charge is 2.59. The number of hydrogen-bond acceptors (Lipinski definition) is 3. The number of amides is 3. The van der Waals surface area contributed by atoms with E-state index in [1.807, 2.05) is 19.1 Å².